The van der Waals surface area contributed by atoms with Crippen molar-refractivity contribution in [1.29, 1.82) is 0 Å². The second kappa shape index (κ2) is 10.3. The van der Waals surface area contributed by atoms with Gasteiger partial charge in [0.05, 0.1) is 29.6 Å². The lowest BCUT2D eigenvalue weighted by Crippen LogP contribution is -2.39. The van der Waals surface area contributed by atoms with E-state index in [1.54, 1.807) is 60.7 Å². The molecule has 0 spiro atoms. The first-order chi connectivity index (χ1) is 17.5. The van der Waals surface area contributed by atoms with Gasteiger partial charge in [-0.1, -0.05) is 49.2 Å². The predicted octanol–water partition coefficient (Wildman–Crippen LogP) is 4.28. The molecule has 0 bridgehead atoms. The first-order valence-electron chi connectivity index (χ1n) is 12.4. The van der Waals surface area contributed by atoms with Crippen LogP contribution in [0.1, 0.15) is 36.8 Å². The van der Waals surface area contributed by atoms with Gasteiger partial charge in [-0.05, 0) is 60.4 Å². The fourth-order valence-corrected chi connectivity index (χ4v) is 4.89. The second-order valence-electron chi connectivity index (χ2n) is 9.29. The fraction of sp³-hybridized carbons (Fsp3) is 0.276. The Labute approximate surface area is 208 Å². The van der Waals surface area contributed by atoms with Crippen LogP contribution in [-0.4, -0.2) is 33.0 Å². The molecular weight excluding hydrogens is 457 g/mol. The maximum absolute atomic E-state index is 13.8. The van der Waals surface area contributed by atoms with Gasteiger partial charge in [-0.2, -0.15) is 0 Å². The first-order valence-corrected chi connectivity index (χ1v) is 12.4. The minimum Gasteiger partial charge on any atom is -0.342 e. The maximum atomic E-state index is 13.8. The molecule has 1 fully saturated rings. The van der Waals surface area contributed by atoms with Crippen molar-refractivity contribution in [2.45, 2.75) is 38.6 Å². The summed E-state index contributed by atoms with van der Waals surface area (Å²) in [6, 6.07) is 20.0. The summed E-state index contributed by atoms with van der Waals surface area (Å²) in [5, 5.41) is 0.397. The Morgan fingerprint density at radius 1 is 0.806 bits per heavy atom. The van der Waals surface area contributed by atoms with E-state index in [2.05, 4.69) is 0 Å². The van der Waals surface area contributed by atoms with Gasteiger partial charge in [-0.15, -0.1) is 0 Å². The van der Waals surface area contributed by atoms with Crippen molar-refractivity contribution >= 4 is 16.8 Å². The van der Waals surface area contributed by atoms with Crippen LogP contribution in [0.4, 0.5) is 4.39 Å². The van der Waals surface area contributed by atoms with Gasteiger partial charge < -0.3 is 4.90 Å². The fourth-order valence-electron chi connectivity index (χ4n) is 4.89. The Balaban J connectivity index is 1.50. The van der Waals surface area contributed by atoms with Crippen molar-refractivity contribution in [2.75, 3.05) is 13.1 Å². The highest BCUT2D eigenvalue weighted by Crippen LogP contribution is 2.15. The molecule has 1 aromatic heterocycles. The summed E-state index contributed by atoms with van der Waals surface area (Å²) in [5.74, 6) is -0.284. The molecule has 6 nitrogen and oxygen atoms in total. The van der Waals surface area contributed by atoms with Crippen LogP contribution in [0, 0.1) is 5.82 Å². The molecule has 0 saturated carbocycles. The third kappa shape index (κ3) is 4.87. The lowest BCUT2D eigenvalue weighted by Gasteiger charge is -2.20. The molecule has 0 N–H and O–H groups in total. The van der Waals surface area contributed by atoms with Gasteiger partial charge in [-0.3, -0.25) is 14.2 Å². The number of hydrogen-bond acceptors (Lipinski definition) is 3. The van der Waals surface area contributed by atoms with Crippen LogP contribution in [0.2, 0.25) is 0 Å². The molecule has 36 heavy (non-hydrogen) atoms. The Morgan fingerprint density at radius 3 is 2.25 bits per heavy atom. The predicted molar refractivity (Wildman–Crippen MR) is 138 cm³/mol. The molecule has 184 valence electrons. The number of likely N-dealkylation sites (tertiary alicyclic amines) is 1. The maximum Gasteiger partial charge on any atom is 0.336 e. The van der Waals surface area contributed by atoms with Crippen molar-refractivity contribution in [3.05, 3.63) is 111 Å². The smallest absolute Gasteiger partial charge is 0.336 e. The van der Waals surface area contributed by atoms with Gasteiger partial charge in [0, 0.05) is 13.1 Å². The lowest BCUT2D eigenvalue weighted by molar-refractivity contribution is -0.130. The van der Waals surface area contributed by atoms with Gasteiger partial charge in [0.15, 0.2) is 0 Å². The van der Waals surface area contributed by atoms with E-state index >= 15 is 0 Å². The number of amides is 1. The van der Waals surface area contributed by atoms with Gasteiger partial charge in [-0.25, -0.2) is 13.8 Å². The Hall–Kier alpha value is -4.00. The van der Waals surface area contributed by atoms with Crippen molar-refractivity contribution in [3.8, 4) is 5.69 Å². The minimum absolute atomic E-state index is 0.102. The van der Waals surface area contributed by atoms with Crippen LogP contribution in [0.5, 0.6) is 0 Å². The van der Waals surface area contributed by atoms with E-state index in [0.717, 1.165) is 48.9 Å². The van der Waals surface area contributed by atoms with Crippen LogP contribution in [0.15, 0.2) is 82.4 Å². The van der Waals surface area contributed by atoms with E-state index in [-0.39, 0.29) is 24.7 Å². The standard InChI is InChI=1S/C29H28FN3O3/c30-23-9-7-8-22(18-23)20-32-26-11-4-3-10-25(26)28(35)33(29(32)36)24-14-12-21(13-15-24)19-27(34)31-16-5-1-2-6-17-31/h3-4,7-15,18H,1-2,5-6,16-17,19-20H2. The summed E-state index contributed by atoms with van der Waals surface area (Å²) in [5.41, 5.74) is 1.45. The van der Waals surface area contributed by atoms with Crippen molar-refractivity contribution in [3.63, 3.8) is 0 Å². The van der Waals surface area contributed by atoms with E-state index in [0.29, 0.717) is 22.2 Å². The number of carbonyl (C=O) groups is 1. The Kier molecular flexibility index (Phi) is 6.80. The molecule has 1 aliphatic heterocycles. The number of hydrogen-bond donors (Lipinski definition) is 0. The van der Waals surface area contributed by atoms with Crippen LogP contribution in [0.3, 0.4) is 0 Å². The third-order valence-corrected chi connectivity index (χ3v) is 6.79. The van der Waals surface area contributed by atoms with E-state index in [1.807, 2.05) is 4.90 Å². The molecule has 7 heteroatoms. The SMILES string of the molecule is O=C(Cc1ccc(-n2c(=O)c3ccccc3n(Cc3cccc(F)c3)c2=O)cc1)N1CCCCCC1. The number of rotatable bonds is 5. The van der Waals surface area contributed by atoms with Crippen LogP contribution in [-0.2, 0) is 17.8 Å². The average molecular weight is 486 g/mol. The molecular formula is C29H28FN3O3. The van der Waals surface area contributed by atoms with E-state index in [1.165, 1.54) is 16.7 Å². The molecule has 0 aliphatic carbocycles. The van der Waals surface area contributed by atoms with Crippen LogP contribution >= 0.6 is 0 Å². The Bertz CT molecular complexity index is 1510. The van der Waals surface area contributed by atoms with Crippen molar-refractivity contribution < 1.29 is 9.18 Å². The van der Waals surface area contributed by atoms with Crippen LogP contribution < -0.4 is 11.2 Å². The number of fused-ring (bicyclic) bond motifs is 1. The molecule has 0 atom stereocenters. The molecule has 0 radical (unpaired) electrons. The number of nitrogens with zero attached hydrogens (tertiary/aromatic N) is 3. The molecule has 1 aliphatic rings. The second-order valence-corrected chi connectivity index (χ2v) is 9.29. The molecule has 3 aromatic carbocycles. The Morgan fingerprint density at radius 2 is 1.53 bits per heavy atom. The van der Waals surface area contributed by atoms with E-state index in [9.17, 15) is 18.8 Å². The highest BCUT2D eigenvalue weighted by Gasteiger charge is 2.17. The van der Waals surface area contributed by atoms with Crippen LogP contribution in [0.25, 0.3) is 16.6 Å². The van der Waals surface area contributed by atoms with Crippen molar-refractivity contribution in [2.24, 2.45) is 0 Å². The van der Waals surface area contributed by atoms with Gasteiger partial charge in [0.1, 0.15) is 5.82 Å². The molecule has 1 saturated heterocycles. The highest BCUT2D eigenvalue weighted by atomic mass is 19.1. The largest absolute Gasteiger partial charge is 0.342 e. The summed E-state index contributed by atoms with van der Waals surface area (Å²) >= 11 is 0. The number of para-hydroxylation sites is 1. The van der Waals surface area contributed by atoms with Gasteiger partial charge >= 0.3 is 5.69 Å². The number of carbonyl (C=O) groups excluding carboxylic acids is 1. The molecule has 4 aromatic rings. The minimum atomic E-state index is -0.503. The van der Waals surface area contributed by atoms with Gasteiger partial charge in [0.2, 0.25) is 5.91 Å². The van der Waals surface area contributed by atoms with Gasteiger partial charge in [0.25, 0.3) is 5.56 Å². The van der Waals surface area contributed by atoms with E-state index < -0.39 is 11.2 Å². The normalized spacial score (nSPS) is 14.1. The monoisotopic (exact) mass is 485 g/mol. The first kappa shape index (κ1) is 23.7. The van der Waals surface area contributed by atoms with E-state index in [4.69, 9.17) is 0 Å². The summed E-state index contributed by atoms with van der Waals surface area (Å²) in [7, 11) is 0. The third-order valence-electron chi connectivity index (χ3n) is 6.79. The summed E-state index contributed by atoms with van der Waals surface area (Å²) < 4.78 is 16.4. The number of halogens is 1. The zero-order valence-electron chi connectivity index (χ0n) is 20.0. The number of benzene rings is 3. The molecule has 2 heterocycles. The molecule has 5 rings (SSSR count). The highest BCUT2D eigenvalue weighted by molar-refractivity contribution is 5.79. The topological polar surface area (TPSA) is 64.3 Å². The molecule has 1 amide bonds. The number of aromatic nitrogens is 2. The summed E-state index contributed by atoms with van der Waals surface area (Å²) in [6.45, 7) is 1.72. The van der Waals surface area contributed by atoms with Crippen molar-refractivity contribution in [1.82, 2.24) is 14.0 Å². The lowest BCUT2D eigenvalue weighted by atomic mass is 10.1. The quantitative estimate of drug-likeness (QED) is 0.424. The molecule has 0 unspecified atom stereocenters. The summed E-state index contributed by atoms with van der Waals surface area (Å²) in [4.78, 5) is 41.6. The average Bonchev–Trinajstić information content (AvgIpc) is 3.18. The zero-order chi connectivity index (χ0) is 25.1. The summed E-state index contributed by atoms with van der Waals surface area (Å²) in [6.07, 6.45) is 4.69. The zero-order valence-corrected chi connectivity index (χ0v) is 20.0.